The van der Waals surface area contributed by atoms with Crippen LogP contribution < -0.4 is 11.3 Å². The van der Waals surface area contributed by atoms with Gasteiger partial charge in [0.1, 0.15) is 11.5 Å². The molecule has 6 nitrogen and oxygen atoms in total. The highest BCUT2D eigenvalue weighted by Crippen LogP contribution is 2.20. The van der Waals surface area contributed by atoms with E-state index in [2.05, 4.69) is 10.4 Å². The lowest BCUT2D eigenvalue weighted by molar-refractivity contribution is 0.0648. The summed E-state index contributed by atoms with van der Waals surface area (Å²) in [6.45, 7) is 1.63. The van der Waals surface area contributed by atoms with Crippen molar-refractivity contribution in [2.75, 3.05) is 25.1 Å². The Hall–Kier alpha value is -1.66. The lowest BCUT2D eigenvalue weighted by Crippen LogP contribution is -2.40. The van der Waals surface area contributed by atoms with Crippen LogP contribution in [-0.2, 0) is 0 Å². The molecule has 1 saturated heterocycles. The quantitative estimate of drug-likeness (QED) is 0.547. The summed E-state index contributed by atoms with van der Waals surface area (Å²) < 4.78 is 0. The van der Waals surface area contributed by atoms with E-state index in [4.69, 9.17) is 10.9 Å². The Morgan fingerprint density at radius 1 is 1.58 bits per heavy atom. The molecule has 0 spiro atoms. The molecule has 6 heteroatoms. The van der Waals surface area contributed by atoms with Crippen LogP contribution >= 0.6 is 0 Å². The molecule has 2 rings (SSSR count). The lowest BCUT2D eigenvalue weighted by Gasteiger charge is -2.32. The van der Waals surface area contributed by atoms with E-state index in [0.717, 1.165) is 25.8 Å². The van der Waals surface area contributed by atoms with Crippen molar-refractivity contribution in [1.82, 2.24) is 9.88 Å². The van der Waals surface area contributed by atoms with Crippen LogP contribution in [-0.4, -0.2) is 40.6 Å². The second-order valence-corrected chi connectivity index (χ2v) is 4.82. The molecule has 1 fully saturated rings. The van der Waals surface area contributed by atoms with Crippen molar-refractivity contribution >= 4 is 11.7 Å². The molecule has 1 atom stereocenters. The van der Waals surface area contributed by atoms with Gasteiger partial charge in [-0.15, -0.1) is 0 Å². The molecule has 4 N–H and O–H groups in total. The average molecular weight is 264 g/mol. The first-order chi connectivity index (χ1) is 9.24. The van der Waals surface area contributed by atoms with Crippen molar-refractivity contribution in [3.8, 4) is 0 Å². The number of pyridine rings is 1. The van der Waals surface area contributed by atoms with Crippen LogP contribution in [0.4, 0.5) is 5.82 Å². The molecule has 0 saturated carbocycles. The maximum Gasteiger partial charge on any atom is 0.272 e. The summed E-state index contributed by atoms with van der Waals surface area (Å²) in [6.07, 6.45) is 2.80. The first-order valence-corrected chi connectivity index (χ1v) is 6.58. The molecule has 0 aliphatic carbocycles. The van der Waals surface area contributed by atoms with Crippen LogP contribution in [0.3, 0.4) is 0 Å². The Labute approximate surface area is 112 Å². The number of nitrogens with two attached hydrogens (primary N) is 1. The van der Waals surface area contributed by atoms with Crippen molar-refractivity contribution in [3.63, 3.8) is 0 Å². The summed E-state index contributed by atoms with van der Waals surface area (Å²) in [6, 6.07) is 5.16. The molecule has 0 aromatic carbocycles. The van der Waals surface area contributed by atoms with Gasteiger partial charge in [0, 0.05) is 19.7 Å². The highest BCUT2D eigenvalue weighted by Gasteiger charge is 2.24. The second kappa shape index (κ2) is 6.49. The third kappa shape index (κ3) is 3.42. The van der Waals surface area contributed by atoms with Crippen LogP contribution in [0.25, 0.3) is 0 Å². The van der Waals surface area contributed by atoms with Gasteiger partial charge < -0.3 is 15.4 Å². The molecule has 1 unspecified atom stereocenters. The van der Waals surface area contributed by atoms with Crippen molar-refractivity contribution in [2.24, 2.45) is 11.8 Å². The largest absolute Gasteiger partial charge is 0.396 e. The van der Waals surface area contributed by atoms with Gasteiger partial charge in [-0.2, -0.15) is 0 Å². The smallest absolute Gasteiger partial charge is 0.272 e. The highest BCUT2D eigenvalue weighted by atomic mass is 16.3. The number of likely N-dealkylation sites (tertiary alicyclic amines) is 1. The number of nitrogen functional groups attached to an aromatic ring is 1. The second-order valence-electron chi connectivity index (χ2n) is 4.82. The van der Waals surface area contributed by atoms with Crippen molar-refractivity contribution in [2.45, 2.75) is 19.3 Å². The standard InChI is InChI=1S/C13H20N4O2/c14-16-12-5-1-4-11(15-12)13(19)17-7-2-3-10(9-17)6-8-18/h1,4-5,10,18H,2-3,6-9,14H2,(H,15,16). The van der Waals surface area contributed by atoms with Gasteiger partial charge in [0.2, 0.25) is 0 Å². The number of nitrogens with one attached hydrogen (secondary N) is 1. The Morgan fingerprint density at radius 3 is 3.16 bits per heavy atom. The van der Waals surface area contributed by atoms with E-state index >= 15 is 0 Å². The van der Waals surface area contributed by atoms with Crippen LogP contribution in [0.15, 0.2) is 18.2 Å². The lowest BCUT2D eigenvalue weighted by atomic mass is 9.95. The monoisotopic (exact) mass is 264 g/mol. The zero-order chi connectivity index (χ0) is 13.7. The fourth-order valence-corrected chi connectivity index (χ4v) is 2.46. The summed E-state index contributed by atoms with van der Waals surface area (Å²) in [4.78, 5) is 18.3. The number of rotatable bonds is 4. The van der Waals surface area contributed by atoms with Crippen LogP contribution in [0.5, 0.6) is 0 Å². The molecule has 104 valence electrons. The number of hydrogen-bond acceptors (Lipinski definition) is 5. The molecule has 0 bridgehead atoms. The van der Waals surface area contributed by atoms with E-state index in [1.54, 1.807) is 18.2 Å². The third-order valence-electron chi connectivity index (χ3n) is 3.46. The molecule has 1 amide bonds. The number of hydrazine groups is 1. The summed E-state index contributed by atoms with van der Waals surface area (Å²) >= 11 is 0. The van der Waals surface area contributed by atoms with E-state index in [1.165, 1.54) is 0 Å². The summed E-state index contributed by atoms with van der Waals surface area (Å²) in [5.74, 6) is 6.09. The number of aromatic nitrogens is 1. The van der Waals surface area contributed by atoms with Crippen molar-refractivity contribution in [1.29, 1.82) is 0 Å². The number of carbonyl (C=O) groups excluding carboxylic acids is 1. The molecule has 2 heterocycles. The topological polar surface area (TPSA) is 91.5 Å². The van der Waals surface area contributed by atoms with Crippen molar-refractivity contribution < 1.29 is 9.90 Å². The number of carbonyl (C=O) groups is 1. The SMILES string of the molecule is NNc1cccc(C(=O)N2CCCC(CCO)C2)n1. The van der Waals surface area contributed by atoms with Gasteiger partial charge in [0.05, 0.1) is 0 Å². The van der Waals surface area contributed by atoms with E-state index in [-0.39, 0.29) is 12.5 Å². The van der Waals surface area contributed by atoms with Gasteiger partial charge in [-0.05, 0) is 37.3 Å². The van der Waals surface area contributed by atoms with Gasteiger partial charge in [0.15, 0.2) is 0 Å². The first-order valence-electron chi connectivity index (χ1n) is 6.58. The van der Waals surface area contributed by atoms with Crippen molar-refractivity contribution in [3.05, 3.63) is 23.9 Å². The third-order valence-corrected chi connectivity index (χ3v) is 3.46. The first kappa shape index (κ1) is 13.8. The van der Waals surface area contributed by atoms with Crippen LogP contribution in [0.2, 0.25) is 0 Å². The number of anilines is 1. The minimum absolute atomic E-state index is 0.0697. The fraction of sp³-hybridized carbons (Fsp3) is 0.538. The van der Waals surface area contributed by atoms with E-state index in [0.29, 0.717) is 24.0 Å². The number of aliphatic hydroxyl groups excluding tert-OH is 1. The number of hydrogen-bond donors (Lipinski definition) is 3. The van der Waals surface area contributed by atoms with Gasteiger partial charge in [-0.1, -0.05) is 6.07 Å². The van der Waals surface area contributed by atoms with E-state index < -0.39 is 0 Å². The zero-order valence-electron chi connectivity index (χ0n) is 10.9. The Balaban J connectivity index is 2.05. The predicted molar refractivity (Wildman–Crippen MR) is 72.4 cm³/mol. The summed E-state index contributed by atoms with van der Waals surface area (Å²) in [5, 5.41) is 8.99. The summed E-state index contributed by atoms with van der Waals surface area (Å²) in [5.41, 5.74) is 2.84. The summed E-state index contributed by atoms with van der Waals surface area (Å²) in [7, 11) is 0. The minimum atomic E-state index is -0.0697. The fourth-order valence-electron chi connectivity index (χ4n) is 2.46. The zero-order valence-corrected chi connectivity index (χ0v) is 10.9. The Morgan fingerprint density at radius 2 is 2.42 bits per heavy atom. The van der Waals surface area contributed by atoms with Gasteiger partial charge in [0.25, 0.3) is 5.91 Å². The average Bonchev–Trinajstić information content (AvgIpc) is 2.47. The number of amides is 1. The van der Waals surface area contributed by atoms with Gasteiger partial charge in [-0.25, -0.2) is 10.8 Å². The number of nitrogens with zero attached hydrogens (tertiary/aromatic N) is 2. The maximum absolute atomic E-state index is 12.4. The number of piperidine rings is 1. The van der Waals surface area contributed by atoms with Gasteiger partial charge >= 0.3 is 0 Å². The maximum atomic E-state index is 12.4. The van der Waals surface area contributed by atoms with Crippen LogP contribution in [0.1, 0.15) is 29.8 Å². The van der Waals surface area contributed by atoms with E-state index in [9.17, 15) is 4.79 Å². The Bertz CT molecular complexity index is 436. The normalized spacial score (nSPS) is 19.3. The van der Waals surface area contributed by atoms with Gasteiger partial charge in [-0.3, -0.25) is 4.79 Å². The molecule has 1 aliphatic rings. The Kier molecular flexibility index (Phi) is 4.70. The molecular formula is C13H20N4O2. The molecule has 19 heavy (non-hydrogen) atoms. The predicted octanol–water partition coefficient (Wildman–Crippen LogP) is 0.602. The molecule has 1 aliphatic heterocycles. The molecule has 1 aromatic rings. The molecule has 0 radical (unpaired) electrons. The highest BCUT2D eigenvalue weighted by molar-refractivity contribution is 5.92. The molecular weight excluding hydrogens is 244 g/mol. The minimum Gasteiger partial charge on any atom is -0.396 e. The van der Waals surface area contributed by atoms with E-state index in [1.807, 2.05) is 4.90 Å². The number of aliphatic hydroxyl groups is 1. The van der Waals surface area contributed by atoms with Crippen LogP contribution in [0, 0.1) is 5.92 Å². The molecule has 1 aromatic heterocycles.